The number of hydrogen-bond acceptors (Lipinski definition) is 3. The zero-order valence-electron chi connectivity index (χ0n) is 12.6. The first-order valence-corrected chi connectivity index (χ1v) is 7.31. The Labute approximate surface area is 129 Å². The monoisotopic (exact) mass is 291 g/mol. The van der Waals surface area contributed by atoms with Crippen molar-refractivity contribution in [2.75, 3.05) is 0 Å². The lowest BCUT2D eigenvalue weighted by atomic mass is 10.0. The molecular formula is C19H17NO2. The summed E-state index contributed by atoms with van der Waals surface area (Å²) < 4.78 is 5.37. The molecule has 3 nitrogen and oxygen atoms in total. The summed E-state index contributed by atoms with van der Waals surface area (Å²) in [5.41, 5.74) is 3.10. The molecule has 0 radical (unpaired) electrons. The summed E-state index contributed by atoms with van der Waals surface area (Å²) in [6.45, 7) is 3.69. The fourth-order valence-corrected chi connectivity index (χ4v) is 2.38. The molecule has 3 aromatic rings. The van der Waals surface area contributed by atoms with Crippen LogP contribution >= 0.6 is 0 Å². The first kappa shape index (κ1) is 14.3. The van der Waals surface area contributed by atoms with Crippen LogP contribution in [0.25, 0.3) is 22.2 Å². The van der Waals surface area contributed by atoms with Crippen molar-refractivity contribution in [1.29, 1.82) is 0 Å². The van der Waals surface area contributed by atoms with E-state index in [-0.39, 0.29) is 12.1 Å². The van der Waals surface area contributed by atoms with Crippen molar-refractivity contribution in [2.45, 2.75) is 20.0 Å². The molecular weight excluding hydrogens is 274 g/mol. The zero-order chi connectivity index (χ0) is 15.5. The van der Waals surface area contributed by atoms with E-state index < -0.39 is 0 Å². The highest BCUT2D eigenvalue weighted by atomic mass is 16.5. The van der Waals surface area contributed by atoms with E-state index in [0.29, 0.717) is 5.56 Å². The highest BCUT2D eigenvalue weighted by Crippen LogP contribution is 2.25. The Hall–Kier alpha value is -2.68. The minimum absolute atomic E-state index is 0.153. The molecule has 0 aliphatic heterocycles. The van der Waals surface area contributed by atoms with Crippen LogP contribution in [0.15, 0.2) is 60.7 Å². The first-order valence-electron chi connectivity index (χ1n) is 7.31. The lowest BCUT2D eigenvalue weighted by Crippen LogP contribution is -2.12. The van der Waals surface area contributed by atoms with Gasteiger partial charge in [-0.3, -0.25) is 0 Å². The van der Waals surface area contributed by atoms with E-state index in [4.69, 9.17) is 4.74 Å². The normalized spacial score (nSPS) is 10.9. The number of aromatic nitrogens is 1. The lowest BCUT2D eigenvalue weighted by Gasteiger charge is -2.11. The van der Waals surface area contributed by atoms with Crippen LogP contribution in [-0.4, -0.2) is 17.1 Å². The van der Waals surface area contributed by atoms with Gasteiger partial charge < -0.3 is 4.74 Å². The third-order valence-electron chi connectivity index (χ3n) is 3.35. The van der Waals surface area contributed by atoms with Crippen molar-refractivity contribution in [3.8, 4) is 11.3 Å². The molecule has 0 aliphatic carbocycles. The van der Waals surface area contributed by atoms with E-state index >= 15 is 0 Å². The number of para-hydroxylation sites is 1. The predicted molar refractivity (Wildman–Crippen MR) is 87.7 cm³/mol. The molecule has 0 aliphatic rings. The standard InChI is InChI=1S/C19H17NO2/c1-13(2)22-19(21)16-12-18(14-8-4-3-5-9-14)20-17-11-7-6-10-15(16)17/h3-13H,1-2H3. The average molecular weight is 291 g/mol. The van der Waals surface area contributed by atoms with Crippen molar-refractivity contribution < 1.29 is 9.53 Å². The van der Waals surface area contributed by atoms with Gasteiger partial charge in [-0.05, 0) is 26.0 Å². The summed E-state index contributed by atoms with van der Waals surface area (Å²) in [6.07, 6.45) is -0.153. The minimum atomic E-state index is -0.314. The molecule has 2 aromatic carbocycles. The Bertz CT molecular complexity index is 810. The van der Waals surface area contributed by atoms with Gasteiger partial charge >= 0.3 is 5.97 Å². The molecule has 0 atom stereocenters. The number of carbonyl (C=O) groups is 1. The maximum absolute atomic E-state index is 12.4. The number of carbonyl (C=O) groups excluding carboxylic acids is 1. The highest BCUT2D eigenvalue weighted by molar-refractivity contribution is 6.04. The molecule has 22 heavy (non-hydrogen) atoms. The van der Waals surface area contributed by atoms with Crippen molar-refractivity contribution in [3.05, 3.63) is 66.2 Å². The van der Waals surface area contributed by atoms with Crippen LogP contribution in [0.2, 0.25) is 0 Å². The summed E-state index contributed by atoms with van der Waals surface area (Å²) in [4.78, 5) is 17.1. The van der Waals surface area contributed by atoms with Crippen LogP contribution in [0.4, 0.5) is 0 Å². The molecule has 1 aromatic heterocycles. The molecule has 1 heterocycles. The van der Waals surface area contributed by atoms with Gasteiger partial charge in [0.15, 0.2) is 0 Å². The zero-order valence-corrected chi connectivity index (χ0v) is 12.6. The fraction of sp³-hybridized carbons (Fsp3) is 0.158. The summed E-state index contributed by atoms with van der Waals surface area (Å²) in [6, 6.07) is 19.3. The lowest BCUT2D eigenvalue weighted by molar-refractivity contribution is 0.0380. The third kappa shape index (κ3) is 2.84. The number of fused-ring (bicyclic) bond motifs is 1. The van der Waals surface area contributed by atoms with Crippen molar-refractivity contribution in [1.82, 2.24) is 4.98 Å². The average Bonchev–Trinajstić information content (AvgIpc) is 2.54. The second kappa shape index (κ2) is 5.98. The molecule has 0 spiro atoms. The van der Waals surface area contributed by atoms with Gasteiger partial charge in [0, 0.05) is 10.9 Å². The molecule has 110 valence electrons. The topological polar surface area (TPSA) is 39.2 Å². The molecule has 0 N–H and O–H groups in total. The Kier molecular flexibility index (Phi) is 3.88. The van der Waals surface area contributed by atoms with Crippen LogP contribution in [0, 0.1) is 0 Å². The molecule has 0 bridgehead atoms. The van der Waals surface area contributed by atoms with Crippen molar-refractivity contribution in [3.63, 3.8) is 0 Å². The molecule has 3 heteroatoms. The first-order chi connectivity index (χ1) is 10.6. The van der Waals surface area contributed by atoms with Crippen LogP contribution in [0.5, 0.6) is 0 Å². The summed E-state index contributed by atoms with van der Waals surface area (Å²) in [7, 11) is 0. The van der Waals surface area contributed by atoms with E-state index in [2.05, 4.69) is 4.98 Å². The minimum Gasteiger partial charge on any atom is -0.459 e. The van der Waals surface area contributed by atoms with Gasteiger partial charge in [0.05, 0.1) is 22.9 Å². The van der Waals surface area contributed by atoms with Crippen LogP contribution in [-0.2, 0) is 4.74 Å². The van der Waals surface area contributed by atoms with Gasteiger partial charge in [-0.25, -0.2) is 9.78 Å². The summed E-state index contributed by atoms with van der Waals surface area (Å²) in [5.74, 6) is -0.314. The van der Waals surface area contributed by atoms with Gasteiger partial charge in [0.2, 0.25) is 0 Å². The molecule has 0 amide bonds. The van der Waals surface area contributed by atoms with Crippen molar-refractivity contribution in [2.24, 2.45) is 0 Å². The van der Waals surface area contributed by atoms with Gasteiger partial charge in [0.1, 0.15) is 0 Å². The Morgan fingerprint density at radius 3 is 2.41 bits per heavy atom. The van der Waals surface area contributed by atoms with Gasteiger partial charge in [-0.15, -0.1) is 0 Å². The Balaban J connectivity index is 2.19. The maximum atomic E-state index is 12.4. The third-order valence-corrected chi connectivity index (χ3v) is 3.35. The number of hydrogen-bond donors (Lipinski definition) is 0. The smallest absolute Gasteiger partial charge is 0.339 e. The predicted octanol–water partition coefficient (Wildman–Crippen LogP) is 4.47. The Morgan fingerprint density at radius 2 is 1.68 bits per heavy atom. The SMILES string of the molecule is CC(C)OC(=O)c1cc(-c2ccccc2)nc2ccccc12. The fourth-order valence-electron chi connectivity index (χ4n) is 2.38. The molecule has 0 saturated carbocycles. The number of nitrogens with zero attached hydrogens (tertiary/aromatic N) is 1. The summed E-state index contributed by atoms with van der Waals surface area (Å²) in [5, 5.41) is 0.813. The van der Waals surface area contributed by atoms with Gasteiger partial charge in [-0.2, -0.15) is 0 Å². The summed E-state index contributed by atoms with van der Waals surface area (Å²) >= 11 is 0. The van der Waals surface area contributed by atoms with Gasteiger partial charge in [-0.1, -0.05) is 48.5 Å². The number of pyridine rings is 1. The van der Waals surface area contributed by atoms with Crippen LogP contribution in [0.1, 0.15) is 24.2 Å². The van der Waals surface area contributed by atoms with E-state index in [1.165, 1.54) is 0 Å². The van der Waals surface area contributed by atoms with E-state index in [0.717, 1.165) is 22.2 Å². The van der Waals surface area contributed by atoms with Crippen molar-refractivity contribution >= 4 is 16.9 Å². The van der Waals surface area contributed by atoms with E-state index in [1.54, 1.807) is 0 Å². The second-order valence-electron chi connectivity index (χ2n) is 5.39. The van der Waals surface area contributed by atoms with Crippen LogP contribution < -0.4 is 0 Å². The van der Waals surface area contributed by atoms with Crippen LogP contribution in [0.3, 0.4) is 0 Å². The molecule has 0 unspecified atom stereocenters. The second-order valence-corrected chi connectivity index (χ2v) is 5.39. The Morgan fingerprint density at radius 1 is 1.00 bits per heavy atom. The maximum Gasteiger partial charge on any atom is 0.339 e. The number of esters is 1. The molecule has 3 rings (SSSR count). The largest absolute Gasteiger partial charge is 0.459 e. The quantitative estimate of drug-likeness (QED) is 0.668. The van der Waals surface area contributed by atoms with E-state index in [1.807, 2.05) is 74.5 Å². The number of benzene rings is 2. The molecule has 0 fully saturated rings. The number of rotatable bonds is 3. The van der Waals surface area contributed by atoms with Gasteiger partial charge in [0.25, 0.3) is 0 Å². The van der Waals surface area contributed by atoms with E-state index in [9.17, 15) is 4.79 Å². The highest BCUT2D eigenvalue weighted by Gasteiger charge is 2.16. The number of ether oxygens (including phenoxy) is 1. The molecule has 0 saturated heterocycles.